The van der Waals surface area contributed by atoms with Gasteiger partial charge in [-0.2, -0.15) is 10.2 Å². The van der Waals surface area contributed by atoms with Gasteiger partial charge in [0.15, 0.2) is 0 Å². The highest BCUT2D eigenvalue weighted by atomic mass is 16.2. The maximum atomic E-state index is 13.3. The van der Waals surface area contributed by atoms with Gasteiger partial charge in [-0.3, -0.25) is 4.79 Å². The number of carbonyl (C=O) groups is 1. The fourth-order valence-electron chi connectivity index (χ4n) is 3.91. The number of nitrogens with zero attached hydrogens (tertiary/aromatic N) is 7. The average molecular weight is 376 g/mol. The van der Waals surface area contributed by atoms with Gasteiger partial charge in [0.05, 0.1) is 23.2 Å². The third-order valence-electron chi connectivity index (χ3n) is 5.31. The van der Waals surface area contributed by atoms with Crippen LogP contribution in [-0.2, 0) is 19.9 Å². The second kappa shape index (κ2) is 6.29. The van der Waals surface area contributed by atoms with Crippen molar-refractivity contribution < 1.29 is 4.79 Å². The van der Waals surface area contributed by atoms with E-state index in [4.69, 9.17) is 5.10 Å². The minimum Gasteiger partial charge on any atom is -0.348 e. The monoisotopic (exact) mass is 376 g/mol. The van der Waals surface area contributed by atoms with Crippen LogP contribution in [0.1, 0.15) is 46.4 Å². The number of amides is 1. The second-order valence-corrected chi connectivity index (χ2v) is 6.90. The number of fused-ring (bicyclic) bond motifs is 2. The molecule has 4 aromatic heterocycles. The number of pyridine rings is 1. The molecule has 9 nitrogen and oxygen atoms in total. The molecule has 1 N–H and O–H groups in total. The van der Waals surface area contributed by atoms with Crippen molar-refractivity contribution >= 4 is 11.4 Å². The first-order valence-electron chi connectivity index (χ1n) is 9.32. The Kier molecular flexibility index (Phi) is 3.75. The Bertz CT molecular complexity index is 1170. The molecular weight excluding hydrogens is 356 g/mol. The molecule has 9 heteroatoms. The molecule has 0 aliphatic carbocycles. The van der Waals surface area contributed by atoms with E-state index in [1.807, 2.05) is 22.7 Å². The van der Waals surface area contributed by atoms with Crippen LogP contribution in [0.3, 0.4) is 0 Å². The average Bonchev–Trinajstić information content (AvgIpc) is 3.44. The second-order valence-electron chi connectivity index (χ2n) is 6.90. The number of aromatic nitrogens is 7. The van der Waals surface area contributed by atoms with Crippen molar-refractivity contribution in [1.29, 1.82) is 0 Å². The Labute approximate surface area is 161 Å². The Balaban J connectivity index is 1.65. The molecule has 5 heterocycles. The summed E-state index contributed by atoms with van der Waals surface area (Å²) < 4.78 is 3.44. The number of aryl methyl sites for hydroxylation is 2. The first-order valence-corrected chi connectivity index (χ1v) is 9.32. The minimum atomic E-state index is -0.371. The number of rotatable bonds is 3. The molecule has 0 saturated heterocycles. The van der Waals surface area contributed by atoms with Crippen LogP contribution in [0, 0.1) is 0 Å². The van der Waals surface area contributed by atoms with Gasteiger partial charge in [0.1, 0.15) is 12.4 Å². The fourth-order valence-corrected chi connectivity index (χ4v) is 3.91. The van der Waals surface area contributed by atoms with E-state index in [0.29, 0.717) is 18.8 Å². The summed E-state index contributed by atoms with van der Waals surface area (Å²) >= 11 is 0. The highest BCUT2D eigenvalue weighted by molar-refractivity contribution is 5.91. The number of nitrogens with one attached hydrogen (secondary N) is 1. The molecule has 28 heavy (non-hydrogen) atoms. The topological polar surface area (TPSA) is 97.0 Å². The summed E-state index contributed by atoms with van der Waals surface area (Å²) in [4.78, 5) is 26.9. The molecule has 4 aromatic rings. The third-order valence-corrected chi connectivity index (χ3v) is 5.31. The normalized spacial score (nSPS) is 16.5. The van der Waals surface area contributed by atoms with Gasteiger partial charge in [-0.05, 0) is 24.6 Å². The molecule has 1 aliphatic heterocycles. The highest BCUT2D eigenvalue weighted by Crippen LogP contribution is 2.34. The Hall–Kier alpha value is -3.49. The predicted octanol–water partition coefficient (Wildman–Crippen LogP) is 1.54. The van der Waals surface area contributed by atoms with Gasteiger partial charge in [0, 0.05) is 31.4 Å². The van der Waals surface area contributed by atoms with Crippen molar-refractivity contribution in [2.75, 3.05) is 6.54 Å². The van der Waals surface area contributed by atoms with Crippen molar-refractivity contribution in [2.45, 2.75) is 25.8 Å². The lowest BCUT2D eigenvalue weighted by atomic mass is 9.99. The van der Waals surface area contributed by atoms with E-state index in [-0.39, 0.29) is 11.9 Å². The van der Waals surface area contributed by atoms with Gasteiger partial charge >= 0.3 is 0 Å². The van der Waals surface area contributed by atoms with E-state index in [0.717, 1.165) is 34.7 Å². The van der Waals surface area contributed by atoms with Gasteiger partial charge in [-0.15, -0.1) is 0 Å². The number of hydrogen-bond acceptors (Lipinski definition) is 5. The van der Waals surface area contributed by atoms with Crippen molar-refractivity contribution in [1.82, 2.24) is 39.2 Å². The Morgan fingerprint density at radius 3 is 3.00 bits per heavy atom. The standard InChI is InChI=1S/C19H20N8O/c1-3-12-5-4-6-13-9-15(24-27(12)13)17-16-14(20-10-21-16)7-8-26(17)19(28)18-22-11-23-25(18)2/h4-6,9-11,17H,3,7-8H2,1-2H3,(H,20,21)/t17-/m1/s1. The van der Waals surface area contributed by atoms with Gasteiger partial charge in [-0.25, -0.2) is 19.2 Å². The van der Waals surface area contributed by atoms with Crippen molar-refractivity contribution in [3.05, 3.63) is 65.5 Å². The van der Waals surface area contributed by atoms with Crippen LogP contribution in [0.5, 0.6) is 0 Å². The Morgan fingerprint density at radius 1 is 1.32 bits per heavy atom. The first kappa shape index (κ1) is 16.7. The number of H-pyrrole nitrogens is 1. The van der Waals surface area contributed by atoms with Crippen LogP contribution in [0.25, 0.3) is 5.52 Å². The highest BCUT2D eigenvalue weighted by Gasteiger charge is 2.37. The van der Waals surface area contributed by atoms with Gasteiger partial charge in [-0.1, -0.05) is 13.0 Å². The molecule has 1 aliphatic rings. The summed E-state index contributed by atoms with van der Waals surface area (Å²) in [5, 5.41) is 8.89. The third kappa shape index (κ3) is 2.43. The summed E-state index contributed by atoms with van der Waals surface area (Å²) in [7, 11) is 1.72. The number of carbonyl (C=O) groups excluding carboxylic acids is 1. The Morgan fingerprint density at radius 2 is 2.21 bits per heavy atom. The fraction of sp³-hybridized carbons (Fsp3) is 0.316. The largest absolute Gasteiger partial charge is 0.348 e. The molecule has 0 radical (unpaired) electrons. The summed E-state index contributed by atoms with van der Waals surface area (Å²) in [5.74, 6) is 0.133. The van der Waals surface area contributed by atoms with Crippen LogP contribution in [-0.4, -0.2) is 51.7 Å². The lowest BCUT2D eigenvalue weighted by Gasteiger charge is -2.33. The minimum absolute atomic E-state index is 0.175. The van der Waals surface area contributed by atoms with Crippen LogP contribution in [0.2, 0.25) is 0 Å². The number of aromatic amines is 1. The number of hydrogen-bond donors (Lipinski definition) is 1. The zero-order valence-corrected chi connectivity index (χ0v) is 15.7. The van der Waals surface area contributed by atoms with E-state index >= 15 is 0 Å². The summed E-state index contributed by atoms with van der Waals surface area (Å²) in [6.07, 6.45) is 4.66. The summed E-state index contributed by atoms with van der Waals surface area (Å²) in [5.41, 5.74) is 4.79. The van der Waals surface area contributed by atoms with Crippen molar-refractivity contribution in [3.63, 3.8) is 0 Å². The zero-order valence-electron chi connectivity index (χ0n) is 15.7. The molecular formula is C19H20N8O. The molecule has 0 spiro atoms. The van der Waals surface area contributed by atoms with Crippen LogP contribution in [0.4, 0.5) is 0 Å². The van der Waals surface area contributed by atoms with E-state index in [1.54, 1.807) is 18.3 Å². The molecule has 0 unspecified atom stereocenters. The molecule has 1 amide bonds. The van der Waals surface area contributed by atoms with Crippen LogP contribution >= 0.6 is 0 Å². The zero-order chi connectivity index (χ0) is 19.3. The maximum Gasteiger partial charge on any atom is 0.292 e. The van der Waals surface area contributed by atoms with Crippen molar-refractivity contribution in [2.24, 2.45) is 7.05 Å². The van der Waals surface area contributed by atoms with Gasteiger partial charge < -0.3 is 9.88 Å². The van der Waals surface area contributed by atoms with Gasteiger partial charge in [0.25, 0.3) is 5.91 Å². The van der Waals surface area contributed by atoms with E-state index in [9.17, 15) is 4.79 Å². The predicted molar refractivity (Wildman–Crippen MR) is 101 cm³/mol. The smallest absolute Gasteiger partial charge is 0.292 e. The lowest BCUT2D eigenvalue weighted by Crippen LogP contribution is -2.42. The quantitative estimate of drug-likeness (QED) is 0.585. The molecule has 1 atom stereocenters. The molecule has 0 bridgehead atoms. The molecule has 0 fully saturated rings. The maximum absolute atomic E-state index is 13.3. The van der Waals surface area contributed by atoms with E-state index in [1.165, 1.54) is 11.0 Å². The van der Waals surface area contributed by atoms with E-state index in [2.05, 4.69) is 33.0 Å². The lowest BCUT2D eigenvalue weighted by molar-refractivity contribution is 0.0669. The van der Waals surface area contributed by atoms with E-state index < -0.39 is 0 Å². The molecule has 0 saturated carbocycles. The SMILES string of the molecule is CCc1cccc2cc([C@@H]3c4nc[nH]c4CCN3C(=O)c3ncnn3C)nn12. The van der Waals surface area contributed by atoms with Crippen molar-refractivity contribution in [3.8, 4) is 0 Å². The molecule has 142 valence electrons. The summed E-state index contributed by atoms with van der Waals surface area (Å²) in [6.45, 7) is 2.66. The number of imidazole rings is 1. The molecule has 5 rings (SSSR count). The first-order chi connectivity index (χ1) is 13.7. The summed E-state index contributed by atoms with van der Waals surface area (Å²) in [6, 6.07) is 7.78. The van der Waals surface area contributed by atoms with Gasteiger partial charge in [0.2, 0.25) is 5.82 Å². The van der Waals surface area contributed by atoms with Crippen LogP contribution in [0.15, 0.2) is 36.9 Å². The van der Waals surface area contributed by atoms with Crippen LogP contribution < -0.4 is 0 Å². The molecule has 0 aromatic carbocycles.